The van der Waals surface area contributed by atoms with Gasteiger partial charge in [-0.05, 0) is 62.4 Å². The van der Waals surface area contributed by atoms with Gasteiger partial charge in [0, 0.05) is 42.3 Å². The molecule has 2 N–H and O–H groups in total. The number of aromatic nitrogens is 1. The summed E-state index contributed by atoms with van der Waals surface area (Å²) < 4.78 is 52.1. The first kappa shape index (κ1) is 26.2. The van der Waals surface area contributed by atoms with E-state index in [1.54, 1.807) is 18.2 Å². The van der Waals surface area contributed by atoms with E-state index < -0.39 is 23.6 Å². The Morgan fingerprint density at radius 2 is 1.78 bits per heavy atom. The van der Waals surface area contributed by atoms with Crippen molar-refractivity contribution >= 4 is 10.9 Å². The summed E-state index contributed by atoms with van der Waals surface area (Å²) in [4.78, 5) is 6.27. The minimum Gasteiger partial charge on any atom is -0.497 e. The smallest absolute Gasteiger partial charge is 0.147 e. The van der Waals surface area contributed by atoms with E-state index in [9.17, 15) is 23.4 Å². The van der Waals surface area contributed by atoms with Gasteiger partial charge in [-0.1, -0.05) is 0 Å². The Labute approximate surface area is 208 Å². The SMILES string of the molecule is COc1ccc2ncc(F)c(C(O)CCC3(CO)CCN(CCOc4cc(F)cc(F)c4)CC3)c2c1. The molecule has 4 rings (SSSR count). The van der Waals surface area contributed by atoms with Crippen LogP contribution in [0.3, 0.4) is 0 Å². The van der Waals surface area contributed by atoms with Crippen molar-refractivity contribution in [3.63, 3.8) is 0 Å². The van der Waals surface area contributed by atoms with Gasteiger partial charge >= 0.3 is 0 Å². The van der Waals surface area contributed by atoms with Crippen LogP contribution in [0.1, 0.15) is 37.4 Å². The van der Waals surface area contributed by atoms with Crippen LogP contribution in [0.5, 0.6) is 11.5 Å². The van der Waals surface area contributed by atoms with E-state index in [-0.39, 0.29) is 29.9 Å². The Morgan fingerprint density at radius 3 is 2.44 bits per heavy atom. The normalized spacial score (nSPS) is 16.7. The van der Waals surface area contributed by atoms with E-state index in [0.717, 1.165) is 24.4 Å². The van der Waals surface area contributed by atoms with Gasteiger partial charge in [0.25, 0.3) is 0 Å². The van der Waals surface area contributed by atoms with Gasteiger partial charge in [0.2, 0.25) is 0 Å². The molecule has 3 aromatic rings. The lowest BCUT2D eigenvalue weighted by Crippen LogP contribution is -2.43. The number of likely N-dealkylation sites (tertiary alicyclic amines) is 1. The number of nitrogens with zero attached hydrogens (tertiary/aromatic N) is 2. The summed E-state index contributed by atoms with van der Waals surface area (Å²) in [6, 6.07) is 8.22. The number of hydrogen-bond acceptors (Lipinski definition) is 6. The van der Waals surface area contributed by atoms with E-state index in [1.807, 2.05) is 0 Å². The fourth-order valence-electron chi connectivity index (χ4n) is 4.86. The van der Waals surface area contributed by atoms with Gasteiger partial charge in [0.05, 0.1) is 24.9 Å². The van der Waals surface area contributed by atoms with Crippen LogP contribution in [0.4, 0.5) is 13.2 Å². The molecule has 1 saturated heterocycles. The first-order valence-corrected chi connectivity index (χ1v) is 12.0. The Kier molecular flexibility index (Phi) is 8.33. The first-order chi connectivity index (χ1) is 17.3. The van der Waals surface area contributed by atoms with Gasteiger partial charge in [-0.2, -0.15) is 0 Å². The fourth-order valence-corrected chi connectivity index (χ4v) is 4.86. The lowest BCUT2D eigenvalue weighted by Gasteiger charge is -2.41. The summed E-state index contributed by atoms with van der Waals surface area (Å²) >= 11 is 0. The molecule has 36 heavy (non-hydrogen) atoms. The molecule has 1 atom stereocenters. The molecule has 2 heterocycles. The lowest BCUT2D eigenvalue weighted by molar-refractivity contribution is 0.0202. The number of aliphatic hydroxyl groups excluding tert-OH is 2. The second kappa shape index (κ2) is 11.5. The predicted octanol–water partition coefficient (Wildman–Crippen LogP) is 4.63. The van der Waals surface area contributed by atoms with Gasteiger partial charge < -0.3 is 19.7 Å². The summed E-state index contributed by atoms with van der Waals surface area (Å²) in [6.45, 7) is 2.26. The topological polar surface area (TPSA) is 75.0 Å². The summed E-state index contributed by atoms with van der Waals surface area (Å²) in [5.74, 6) is -1.24. The van der Waals surface area contributed by atoms with Crippen molar-refractivity contribution in [1.29, 1.82) is 0 Å². The Morgan fingerprint density at radius 1 is 1.06 bits per heavy atom. The number of methoxy groups -OCH3 is 1. The molecular formula is C27H31F3N2O4. The first-order valence-electron chi connectivity index (χ1n) is 12.0. The van der Waals surface area contributed by atoms with Crippen molar-refractivity contribution in [1.82, 2.24) is 9.88 Å². The van der Waals surface area contributed by atoms with Crippen LogP contribution >= 0.6 is 0 Å². The number of pyridine rings is 1. The Balaban J connectivity index is 1.33. The number of aliphatic hydroxyl groups is 2. The van der Waals surface area contributed by atoms with E-state index in [4.69, 9.17) is 9.47 Å². The summed E-state index contributed by atoms with van der Waals surface area (Å²) in [5, 5.41) is 21.6. The summed E-state index contributed by atoms with van der Waals surface area (Å²) in [5.41, 5.74) is 0.385. The van der Waals surface area contributed by atoms with Gasteiger partial charge in [-0.3, -0.25) is 9.88 Å². The number of piperidine rings is 1. The van der Waals surface area contributed by atoms with Gasteiger partial charge in [-0.25, -0.2) is 13.2 Å². The second-order valence-electron chi connectivity index (χ2n) is 9.41. The minimum absolute atomic E-state index is 0.0278. The number of rotatable bonds is 10. The largest absolute Gasteiger partial charge is 0.497 e. The Bertz CT molecular complexity index is 1160. The zero-order valence-corrected chi connectivity index (χ0v) is 20.2. The number of halogens is 3. The molecule has 1 aromatic heterocycles. The molecule has 194 valence electrons. The average molecular weight is 505 g/mol. The van der Waals surface area contributed by atoms with Crippen molar-refractivity contribution in [2.24, 2.45) is 5.41 Å². The molecule has 0 aliphatic carbocycles. The molecule has 0 amide bonds. The number of ether oxygens (including phenoxy) is 2. The quantitative estimate of drug-likeness (QED) is 0.420. The van der Waals surface area contributed by atoms with E-state index in [1.165, 1.54) is 7.11 Å². The monoisotopic (exact) mass is 504 g/mol. The van der Waals surface area contributed by atoms with E-state index in [2.05, 4.69) is 9.88 Å². The highest BCUT2D eigenvalue weighted by molar-refractivity contribution is 5.84. The van der Waals surface area contributed by atoms with Crippen LogP contribution in [-0.2, 0) is 0 Å². The molecule has 1 unspecified atom stereocenters. The zero-order chi connectivity index (χ0) is 25.7. The highest BCUT2D eigenvalue weighted by Gasteiger charge is 2.34. The Hall–Kier alpha value is -2.88. The second-order valence-corrected chi connectivity index (χ2v) is 9.41. The number of fused-ring (bicyclic) bond motifs is 1. The molecular weight excluding hydrogens is 473 g/mol. The van der Waals surface area contributed by atoms with Gasteiger partial charge in [0.15, 0.2) is 0 Å². The van der Waals surface area contributed by atoms with Crippen molar-refractivity contribution in [3.8, 4) is 11.5 Å². The minimum atomic E-state index is -1.05. The van der Waals surface area contributed by atoms with E-state index >= 15 is 0 Å². The van der Waals surface area contributed by atoms with Crippen molar-refractivity contribution in [3.05, 3.63) is 65.6 Å². The molecule has 1 fully saturated rings. The van der Waals surface area contributed by atoms with Crippen LogP contribution in [0, 0.1) is 22.9 Å². The maximum Gasteiger partial charge on any atom is 0.147 e. The van der Waals surface area contributed by atoms with Gasteiger partial charge in [0.1, 0.15) is 35.6 Å². The molecule has 0 bridgehead atoms. The third-order valence-corrected chi connectivity index (χ3v) is 7.11. The fraction of sp³-hybridized carbons (Fsp3) is 0.444. The highest BCUT2D eigenvalue weighted by atomic mass is 19.1. The maximum atomic E-state index is 14.7. The van der Waals surface area contributed by atoms with Gasteiger partial charge in [-0.15, -0.1) is 0 Å². The average Bonchev–Trinajstić information content (AvgIpc) is 2.87. The number of hydrogen-bond donors (Lipinski definition) is 2. The van der Waals surface area contributed by atoms with Crippen LogP contribution < -0.4 is 9.47 Å². The van der Waals surface area contributed by atoms with Crippen LogP contribution in [-0.4, -0.2) is 60.1 Å². The van der Waals surface area contributed by atoms with Crippen LogP contribution in [0.15, 0.2) is 42.6 Å². The molecule has 0 radical (unpaired) electrons. The zero-order valence-electron chi connectivity index (χ0n) is 20.2. The van der Waals surface area contributed by atoms with Crippen molar-refractivity contribution in [2.45, 2.75) is 31.8 Å². The summed E-state index contributed by atoms with van der Waals surface area (Å²) in [6.07, 6.45) is 2.31. The third kappa shape index (κ3) is 6.08. The lowest BCUT2D eigenvalue weighted by atomic mass is 9.74. The molecule has 6 nitrogen and oxygen atoms in total. The number of benzene rings is 2. The molecule has 0 spiro atoms. The predicted molar refractivity (Wildman–Crippen MR) is 129 cm³/mol. The van der Waals surface area contributed by atoms with Crippen molar-refractivity contribution in [2.75, 3.05) is 40.0 Å². The molecule has 2 aromatic carbocycles. The molecule has 9 heteroatoms. The van der Waals surface area contributed by atoms with E-state index in [0.29, 0.717) is 62.0 Å². The third-order valence-electron chi connectivity index (χ3n) is 7.11. The van der Waals surface area contributed by atoms with Crippen LogP contribution in [0.25, 0.3) is 10.9 Å². The molecule has 1 aliphatic rings. The standard InChI is InChI=1S/C27H31F3N2O4/c1-35-20-2-3-24-22(15-20)26(23(30)16-31-24)25(34)4-5-27(17-33)6-8-32(9-7-27)10-11-36-21-13-18(28)12-19(29)14-21/h2-3,12-16,25,33-34H,4-11,17H2,1H3. The van der Waals surface area contributed by atoms with Crippen LogP contribution in [0.2, 0.25) is 0 Å². The molecule has 1 aliphatic heterocycles. The molecule has 0 saturated carbocycles. The maximum absolute atomic E-state index is 14.7. The summed E-state index contributed by atoms with van der Waals surface area (Å²) in [7, 11) is 1.52. The van der Waals surface area contributed by atoms with Crippen molar-refractivity contribution < 1.29 is 32.9 Å². The highest BCUT2D eigenvalue weighted by Crippen LogP contribution is 2.39.